The lowest BCUT2D eigenvalue weighted by Crippen LogP contribution is -2.31. The predicted molar refractivity (Wildman–Crippen MR) is 54.8 cm³/mol. The van der Waals surface area contributed by atoms with Gasteiger partial charge in [0.05, 0.1) is 5.69 Å². The van der Waals surface area contributed by atoms with Gasteiger partial charge in [0.2, 0.25) is 0 Å². The summed E-state index contributed by atoms with van der Waals surface area (Å²) in [5.41, 5.74) is 6.54. The molecule has 0 amide bonds. The molecule has 0 unspecified atom stereocenters. The zero-order valence-electron chi connectivity index (χ0n) is 8.62. The van der Waals surface area contributed by atoms with Crippen LogP contribution in [0.25, 0.3) is 0 Å². The molecule has 2 rings (SSSR count). The van der Waals surface area contributed by atoms with Crippen LogP contribution in [0.4, 0.5) is 6.01 Å². The van der Waals surface area contributed by atoms with E-state index in [0.717, 1.165) is 37.5 Å². The first-order chi connectivity index (χ1) is 6.79. The summed E-state index contributed by atoms with van der Waals surface area (Å²) >= 11 is 0. The van der Waals surface area contributed by atoms with Gasteiger partial charge < -0.3 is 10.2 Å². The third kappa shape index (κ3) is 1.90. The van der Waals surface area contributed by atoms with E-state index in [2.05, 4.69) is 16.8 Å². The molecule has 0 saturated heterocycles. The molecule has 0 aliphatic carbocycles. The number of nitrogens with zero attached hydrogens (tertiary/aromatic N) is 2. The summed E-state index contributed by atoms with van der Waals surface area (Å²) in [5.74, 6) is 0.982. The molecule has 0 spiro atoms. The quantitative estimate of drug-likeness (QED) is 0.792. The van der Waals surface area contributed by atoms with Gasteiger partial charge in [0.15, 0.2) is 0 Å². The van der Waals surface area contributed by atoms with Crippen molar-refractivity contribution in [3.8, 4) is 0 Å². The zero-order chi connectivity index (χ0) is 9.97. The average Bonchev–Trinajstić information content (AvgIpc) is 2.54. The number of hydrogen-bond acceptors (Lipinski definition) is 4. The first-order valence-corrected chi connectivity index (χ1v) is 5.26. The summed E-state index contributed by atoms with van der Waals surface area (Å²) in [7, 11) is 0. The number of hydrogen-bond donors (Lipinski definition) is 1. The van der Waals surface area contributed by atoms with Crippen molar-refractivity contribution in [1.29, 1.82) is 0 Å². The fourth-order valence-corrected chi connectivity index (χ4v) is 1.85. The topological polar surface area (TPSA) is 55.3 Å². The molecule has 0 radical (unpaired) electrons. The molecule has 0 bridgehead atoms. The Kier molecular flexibility index (Phi) is 2.72. The highest BCUT2D eigenvalue weighted by atomic mass is 16.4. The van der Waals surface area contributed by atoms with Crippen molar-refractivity contribution in [2.75, 3.05) is 18.8 Å². The van der Waals surface area contributed by atoms with Crippen LogP contribution in [0.2, 0.25) is 0 Å². The second kappa shape index (κ2) is 4.00. The van der Waals surface area contributed by atoms with Crippen LogP contribution < -0.4 is 5.73 Å². The van der Waals surface area contributed by atoms with E-state index in [1.807, 2.05) is 0 Å². The van der Waals surface area contributed by atoms with Crippen molar-refractivity contribution >= 4 is 6.01 Å². The summed E-state index contributed by atoms with van der Waals surface area (Å²) in [6.45, 7) is 5.34. The Balaban J connectivity index is 1.98. The lowest BCUT2D eigenvalue weighted by molar-refractivity contribution is 0.237. The van der Waals surface area contributed by atoms with Crippen LogP contribution in [0.1, 0.15) is 31.2 Å². The van der Waals surface area contributed by atoms with Crippen LogP contribution in [0.3, 0.4) is 0 Å². The number of anilines is 1. The van der Waals surface area contributed by atoms with Gasteiger partial charge in [0.25, 0.3) is 6.01 Å². The van der Waals surface area contributed by atoms with E-state index in [1.54, 1.807) is 0 Å². The number of fused-ring (bicyclic) bond motifs is 1. The fourth-order valence-electron chi connectivity index (χ4n) is 1.85. The highest BCUT2D eigenvalue weighted by molar-refractivity contribution is 5.21. The molecular formula is C10H17N3O. The van der Waals surface area contributed by atoms with Crippen LogP contribution in [0.15, 0.2) is 4.42 Å². The maximum absolute atomic E-state index is 5.51. The van der Waals surface area contributed by atoms with Gasteiger partial charge in [-0.15, -0.1) is 0 Å². The first kappa shape index (κ1) is 9.52. The third-order valence-electron chi connectivity index (χ3n) is 2.65. The van der Waals surface area contributed by atoms with E-state index in [1.165, 1.54) is 12.8 Å². The number of oxazole rings is 1. The molecule has 1 aromatic heterocycles. The van der Waals surface area contributed by atoms with Crippen LogP contribution in [0, 0.1) is 0 Å². The van der Waals surface area contributed by atoms with Gasteiger partial charge in [-0.3, -0.25) is 4.90 Å². The smallest absolute Gasteiger partial charge is 0.292 e. The van der Waals surface area contributed by atoms with Crippen molar-refractivity contribution in [2.45, 2.75) is 32.7 Å². The normalized spacial score (nSPS) is 16.9. The molecule has 1 aromatic rings. The summed E-state index contributed by atoms with van der Waals surface area (Å²) in [6.07, 6.45) is 3.44. The minimum atomic E-state index is 0.312. The number of aromatic nitrogens is 1. The number of nitrogen functional groups attached to an aromatic ring is 1. The summed E-state index contributed by atoms with van der Waals surface area (Å²) < 4.78 is 5.30. The molecule has 0 aromatic carbocycles. The van der Waals surface area contributed by atoms with Gasteiger partial charge in [-0.25, -0.2) is 0 Å². The zero-order valence-corrected chi connectivity index (χ0v) is 8.62. The Morgan fingerprint density at radius 2 is 2.43 bits per heavy atom. The summed E-state index contributed by atoms with van der Waals surface area (Å²) in [4.78, 5) is 6.59. The molecule has 4 heteroatoms. The molecule has 0 saturated carbocycles. The van der Waals surface area contributed by atoms with E-state index in [0.29, 0.717) is 6.01 Å². The van der Waals surface area contributed by atoms with Gasteiger partial charge in [-0.1, -0.05) is 13.3 Å². The molecule has 2 heterocycles. The number of nitrogens with two attached hydrogens (primary N) is 1. The minimum absolute atomic E-state index is 0.312. The van der Waals surface area contributed by atoms with E-state index < -0.39 is 0 Å². The van der Waals surface area contributed by atoms with Crippen LogP contribution in [-0.2, 0) is 13.0 Å². The standard InChI is InChI=1S/C10H17N3O/c1-2-3-5-13-6-4-9-8(7-13)12-10(11)14-9/h2-7H2,1H3,(H2,11,12). The summed E-state index contributed by atoms with van der Waals surface area (Å²) in [5, 5.41) is 0. The molecule has 4 nitrogen and oxygen atoms in total. The maximum Gasteiger partial charge on any atom is 0.292 e. The van der Waals surface area contributed by atoms with Crippen molar-refractivity contribution in [3.63, 3.8) is 0 Å². The Hall–Kier alpha value is -1.03. The monoisotopic (exact) mass is 195 g/mol. The van der Waals surface area contributed by atoms with E-state index >= 15 is 0 Å². The molecule has 0 fully saturated rings. The second-order valence-electron chi connectivity index (χ2n) is 3.80. The van der Waals surface area contributed by atoms with E-state index in [4.69, 9.17) is 10.2 Å². The highest BCUT2D eigenvalue weighted by Crippen LogP contribution is 2.20. The maximum atomic E-state index is 5.51. The van der Waals surface area contributed by atoms with Gasteiger partial charge in [0.1, 0.15) is 5.76 Å². The lowest BCUT2D eigenvalue weighted by Gasteiger charge is -2.24. The van der Waals surface area contributed by atoms with Crippen LogP contribution >= 0.6 is 0 Å². The Morgan fingerprint density at radius 3 is 3.21 bits per heavy atom. The highest BCUT2D eigenvalue weighted by Gasteiger charge is 2.20. The lowest BCUT2D eigenvalue weighted by atomic mass is 10.1. The second-order valence-corrected chi connectivity index (χ2v) is 3.80. The predicted octanol–water partition coefficient (Wildman–Crippen LogP) is 1.42. The first-order valence-electron chi connectivity index (χ1n) is 5.26. The molecule has 1 aliphatic rings. The van der Waals surface area contributed by atoms with Crippen LogP contribution in [-0.4, -0.2) is 23.0 Å². The largest absolute Gasteiger partial charge is 0.429 e. The summed E-state index contributed by atoms with van der Waals surface area (Å²) in [6, 6.07) is 0.312. The van der Waals surface area contributed by atoms with Gasteiger partial charge in [-0.2, -0.15) is 4.98 Å². The molecular weight excluding hydrogens is 178 g/mol. The van der Waals surface area contributed by atoms with Crippen molar-refractivity contribution in [2.24, 2.45) is 0 Å². The Labute approximate surface area is 84.1 Å². The van der Waals surface area contributed by atoms with Gasteiger partial charge >= 0.3 is 0 Å². The van der Waals surface area contributed by atoms with Crippen LogP contribution in [0.5, 0.6) is 0 Å². The van der Waals surface area contributed by atoms with Crippen molar-refractivity contribution < 1.29 is 4.42 Å². The third-order valence-corrected chi connectivity index (χ3v) is 2.65. The molecule has 1 aliphatic heterocycles. The number of unbranched alkanes of at least 4 members (excludes halogenated alkanes) is 1. The SMILES string of the molecule is CCCCN1CCc2oc(N)nc2C1. The molecule has 0 atom stereocenters. The Morgan fingerprint density at radius 1 is 1.57 bits per heavy atom. The van der Waals surface area contributed by atoms with Crippen molar-refractivity contribution in [3.05, 3.63) is 11.5 Å². The Bertz CT molecular complexity index is 308. The fraction of sp³-hybridized carbons (Fsp3) is 0.700. The minimum Gasteiger partial charge on any atom is -0.429 e. The molecule has 78 valence electrons. The molecule has 2 N–H and O–H groups in total. The van der Waals surface area contributed by atoms with E-state index in [-0.39, 0.29) is 0 Å². The average molecular weight is 195 g/mol. The van der Waals surface area contributed by atoms with Gasteiger partial charge in [0, 0.05) is 19.5 Å². The van der Waals surface area contributed by atoms with Crippen molar-refractivity contribution in [1.82, 2.24) is 9.88 Å². The molecule has 14 heavy (non-hydrogen) atoms. The van der Waals surface area contributed by atoms with Gasteiger partial charge in [-0.05, 0) is 13.0 Å². The van der Waals surface area contributed by atoms with E-state index in [9.17, 15) is 0 Å². The number of rotatable bonds is 3.